The van der Waals surface area contributed by atoms with E-state index in [9.17, 15) is 8.78 Å². The van der Waals surface area contributed by atoms with Crippen molar-refractivity contribution in [1.29, 1.82) is 0 Å². The molecule has 1 aromatic rings. The van der Waals surface area contributed by atoms with Crippen LogP contribution >= 0.6 is 0 Å². The van der Waals surface area contributed by atoms with Crippen molar-refractivity contribution in [2.45, 2.75) is 24.8 Å². The second kappa shape index (κ2) is 5.10. The fourth-order valence-electron chi connectivity index (χ4n) is 2.22. The first kappa shape index (κ1) is 13.1. The Bertz CT molecular complexity index is 401. The van der Waals surface area contributed by atoms with E-state index in [1.807, 2.05) is 0 Å². The number of benzene rings is 1. The average Bonchev–Trinajstić information content (AvgIpc) is 2.37. The highest BCUT2D eigenvalue weighted by molar-refractivity contribution is 5.40. The highest BCUT2D eigenvalue weighted by atomic mass is 19.3. The SMILES string of the molecule is COc1cc(OC)cc(C2NCCCC2(F)F)c1. The van der Waals surface area contributed by atoms with Gasteiger partial charge in [-0.25, -0.2) is 8.78 Å². The normalized spacial score (nSPS) is 22.6. The molecule has 1 heterocycles. The van der Waals surface area contributed by atoms with Crippen molar-refractivity contribution in [2.24, 2.45) is 0 Å². The van der Waals surface area contributed by atoms with Gasteiger partial charge in [0.1, 0.15) is 11.5 Å². The molecule has 1 fully saturated rings. The van der Waals surface area contributed by atoms with Crippen LogP contribution in [0.5, 0.6) is 11.5 Å². The molecule has 1 aliphatic rings. The number of hydrogen-bond acceptors (Lipinski definition) is 3. The summed E-state index contributed by atoms with van der Waals surface area (Å²) in [5.74, 6) is -1.70. The van der Waals surface area contributed by atoms with Crippen molar-refractivity contribution in [2.75, 3.05) is 20.8 Å². The standard InChI is InChI=1S/C13H17F2NO2/c1-17-10-6-9(7-11(8-10)18-2)12-13(14,15)4-3-5-16-12/h6-8,12,16H,3-5H2,1-2H3. The summed E-state index contributed by atoms with van der Waals surface area (Å²) in [6, 6.07) is 3.94. The summed E-state index contributed by atoms with van der Waals surface area (Å²) in [5.41, 5.74) is 0.496. The van der Waals surface area contributed by atoms with Crippen LogP contribution in [0.3, 0.4) is 0 Å². The van der Waals surface area contributed by atoms with E-state index in [1.165, 1.54) is 14.2 Å². The molecule has 0 aliphatic carbocycles. The van der Waals surface area contributed by atoms with E-state index in [4.69, 9.17) is 9.47 Å². The molecule has 1 atom stereocenters. The fourth-order valence-corrected chi connectivity index (χ4v) is 2.22. The lowest BCUT2D eigenvalue weighted by molar-refractivity contribution is -0.0620. The highest BCUT2D eigenvalue weighted by Gasteiger charge is 2.42. The van der Waals surface area contributed by atoms with Gasteiger partial charge in [0.05, 0.1) is 20.3 Å². The Morgan fingerprint density at radius 3 is 2.28 bits per heavy atom. The average molecular weight is 257 g/mol. The molecular weight excluding hydrogens is 240 g/mol. The van der Waals surface area contributed by atoms with Gasteiger partial charge < -0.3 is 14.8 Å². The monoisotopic (exact) mass is 257 g/mol. The van der Waals surface area contributed by atoms with Crippen LogP contribution in [-0.4, -0.2) is 26.7 Å². The van der Waals surface area contributed by atoms with Crippen molar-refractivity contribution in [1.82, 2.24) is 5.32 Å². The van der Waals surface area contributed by atoms with E-state index in [1.54, 1.807) is 18.2 Å². The number of rotatable bonds is 3. The number of methoxy groups -OCH3 is 2. The Balaban J connectivity index is 2.36. The van der Waals surface area contributed by atoms with Gasteiger partial charge in [0.25, 0.3) is 5.92 Å². The first-order chi connectivity index (χ1) is 8.56. The predicted molar refractivity (Wildman–Crippen MR) is 64.5 cm³/mol. The molecule has 0 radical (unpaired) electrons. The van der Waals surface area contributed by atoms with Crippen LogP contribution in [0.1, 0.15) is 24.4 Å². The number of nitrogens with one attached hydrogen (secondary N) is 1. The zero-order valence-corrected chi connectivity index (χ0v) is 10.5. The largest absolute Gasteiger partial charge is 0.497 e. The maximum Gasteiger partial charge on any atom is 0.267 e. The van der Waals surface area contributed by atoms with Gasteiger partial charge in [-0.1, -0.05) is 0 Å². The third kappa shape index (κ3) is 2.56. The third-order valence-electron chi connectivity index (χ3n) is 3.16. The van der Waals surface area contributed by atoms with Gasteiger partial charge in [-0.05, 0) is 30.7 Å². The van der Waals surface area contributed by atoms with Crippen molar-refractivity contribution < 1.29 is 18.3 Å². The quantitative estimate of drug-likeness (QED) is 0.903. The van der Waals surface area contributed by atoms with Crippen LogP contribution in [0.15, 0.2) is 18.2 Å². The van der Waals surface area contributed by atoms with Gasteiger partial charge in [-0.15, -0.1) is 0 Å². The van der Waals surface area contributed by atoms with E-state index in [0.29, 0.717) is 30.0 Å². The first-order valence-electron chi connectivity index (χ1n) is 5.91. The van der Waals surface area contributed by atoms with Crippen LogP contribution < -0.4 is 14.8 Å². The third-order valence-corrected chi connectivity index (χ3v) is 3.16. The highest BCUT2D eigenvalue weighted by Crippen LogP contribution is 2.40. The van der Waals surface area contributed by atoms with Crippen LogP contribution in [-0.2, 0) is 0 Å². The Hall–Kier alpha value is -1.36. The Labute approximate surface area is 105 Å². The maximum absolute atomic E-state index is 13.9. The zero-order valence-electron chi connectivity index (χ0n) is 10.5. The molecule has 0 aromatic heterocycles. The summed E-state index contributed by atoms with van der Waals surface area (Å²) in [6.07, 6.45) is 0.398. The molecule has 3 nitrogen and oxygen atoms in total. The lowest BCUT2D eigenvalue weighted by Gasteiger charge is -2.32. The molecular formula is C13H17F2NO2. The van der Waals surface area contributed by atoms with Crippen LogP contribution in [0.4, 0.5) is 8.78 Å². The number of alkyl halides is 2. The molecule has 18 heavy (non-hydrogen) atoms. The summed E-state index contributed by atoms with van der Waals surface area (Å²) in [5, 5.41) is 2.87. The molecule has 1 N–H and O–H groups in total. The van der Waals surface area contributed by atoms with Gasteiger partial charge in [0, 0.05) is 12.5 Å². The minimum atomic E-state index is -2.74. The number of halogens is 2. The number of hydrogen-bond donors (Lipinski definition) is 1. The van der Waals surface area contributed by atoms with Crippen molar-refractivity contribution in [3.8, 4) is 11.5 Å². The van der Waals surface area contributed by atoms with Gasteiger partial charge in [0.2, 0.25) is 0 Å². The van der Waals surface area contributed by atoms with Crippen molar-refractivity contribution in [3.63, 3.8) is 0 Å². The minimum absolute atomic E-state index is 0.0931. The van der Waals surface area contributed by atoms with E-state index in [0.717, 1.165) is 0 Å². The van der Waals surface area contributed by atoms with Crippen molar-refractivity contribution >= 4 is 0 Å². The molecule has 1 aliphatic heterocycles. The molecule has 100 valence electrons. The fraction of sp³-hybridized carbons (Fsp3) is 0.538. The van der Waals surface area contributed by atoms with Gasteiger partial charge in [0.15, 0.2) is 0 Å². The molecule has 5 heteroatoms. The second-order valence-electron chi connectivity index (χ2n) is 4.40. The van der Waals surface area contributed by atoms with Gasteiger partial charge in [-0.3, -0.25) is 0 Å². The Morgan fingerprint density at radius 1 is 1.17 bits per heavy atom. The van der Waals surface area contributed by atoms with E-state index < -0.39 is 12.0 Å². The summed E-state index contributed by atoms with van der Waals surface area (Å²) in [7, 11) is 3.01. The maximum atomic E-state index is 13.9. The first-order valence-corrected chi connectivity index (χ1v) is 5.91. The molecule has 1 aromatic carbocycles. The Morgan fingerprint density at radius 2 is 1.78 bits per heavy atom. The molecule has 0 amide bonds. The summed E-state index contributed by atoms with van der Waals surface area (Å²) >= 11 is 0. The van der Waals surface area contributed by atoms with Crippen LogP contribution in [0.25, 0.3) is 0 Å². The van der Waals surface area contributed by atoms with E-state index in [2.05, 4.69) is 5.32 Å². The summed E-state index contributed by atoms with van der Waals surface area (Å²) < 4.78 is 38.0. The smallest absolute Gasteiger partial charge is 0.267 e. The van der Waals surface area contributed by atoms with Crippen molar-refractivity contribution in [3.05, 3.63) is 23.8 Å². The summed E-state index contributed by atoms with van der Waals surface area (Å²) in [4.78, 5) is 0. The van der Waals surface area contributed by atoms with Crippen LogP contribution in [0.2, 0.25) is 0 Å². The number of piperidine rings is 1. The molecule has 0 spiro atoms. The Kier molecular flexibility index (Phi) is 3.71. The minimum Gasteiger partial charge on any atom is -0.497 e. The molecule has 0 bridgehead atoms. The lowest BCUT2D eigenvalue weighted by Crippen LogP contribution is -2.42. The number of ether oxygens (including phenoxy) is 2. The second-order valence-corrected chi connectivity index (χ2v) is 4.40. The zero-order chi connectivity index (χ0) is 13.2. The topological polar surface area (TPSA) is 30.5 Å². The molecule has 2 rings (SSSR count). The predicted octanol–water partition coefficient (Wildman–Crippen LogP) is 2.76. The molecule has 1 saturated heterocycles. The molecule has 1 unspecified atom stereocenters. The van der Waals surface area contributed by atoms with Gasteiger partial charge in [-0.2, -0.15) is 0 Å². The van der Waals surface area contributed by atoms with E-state index in [-0.39, 0.29) is 6.42 Å². The van der Waals surface area contributed by atoms with Gasteiger partial charge >= 0.3 is 0 Å². The summed E-state index contributed by atoms with van der Waals surface area (Å²) in [6.45, 7) is 0.597. The van der Waals surface area contributed by atoms with Crippen LogP contribution in [0, 0.1) is 0 Å². The molecule has 0 saturated carbocycles. The lowest BCUT2D eigenvalue weighted by atomic mass is 9.93. The van der Waals surface area contributed by atoms with E-state index >= 15 is 0 Å².